The van der Waals surface area contributed by atoms with E-state index in [-0.39, 0.29) is 11.8 Å². The lowest BCUT2D eigenvalue weighted by atomic mass is 10.7. The number of halogens is 2. The Morgan fingerprint density at radius 1 is 0.941 bits per heavy atom. The lowest BCUT2D eigenvalue weighted by Gasteiger charge is -2.06. The van der Waals surface area contributed by atoms with Gasteiger partial charge < -0.3 is 10.6 Å². The third kappa shape index (κ3) is 9.12. The predicted octanol–water partition coefficient (Wildman–Crippen LogP) is -1.11. The van der Waals surface area contributed by atoms with Gasteiger partial charge >= 0.3 is 10.4 Å². The molecule has 0 aromatic rings. The predicted molar refractivity (Wildman–Crippen MR) is 58.5 cm³/mol. The summed E-state index contributed by atoms with van der Waals surface area (Å²) in [5.74, 6) is -1.85. The van der Waals surface area contributed by atoms with Crippen LogP contribution in [0.25, 0.3) is 0 Å². The molecule has 0 fully saturated rings. The molecule has 0 radical (unpaired) electrons. The summed E-state index contributed by atoms with van der Waals surface area (Å²) in [4.78, 5) is 21.2. The molecule has 0 atom stereocenters. The first-order valence-corrected chi connectivity index (χ1v) is 6.50. The van der Waals surface area contributed by atoms with E-state index >= 15 is 0 Å². The largest absolute Gasteiger partial charge is 0.403 e. The van der Waals surface area contributed by atoms with Gasteiger partial charge in [-0.15, -0.1) is 23.2 Å². The van der Waals surface area contributed by atoms with Gasteiger partial charge in [0.05, 0.1) is 0 Å². The van der Waals surface area contributed by atoms with Crippen molar-refractivity contribution in [3.63, 3.8) is 0 Å². The van der Waals surface area contributed by atoms with E-state index in [2.05, 4.69) is 8.37 Å². The van der Waals surface area contributed by atoms with Crippen LogP contribution in [-0.2, 0) is 28.4 Å². The molecule has 0 unspecified atom stereocenters. The second-order valence-corrected chi connectivity index (χ2v) is 4.22. The minimum Gasteiger partial charge on any atom is -0.331 e. The molecular formula is C6H10Cl2N2O6S. The molecule has 0 bridgehead atoms. The Morgan fingerprint density at radius 2 is 1.29 bits per heavy atom. The van der Waals surface area contributed by atoms with Crippen LogP contribution >= 0.6 is 23.2 Å². The highest BCUT2D eigenvalue weighted by Crippen LogP contribution is 1.93. The van der Waals surface area contributed by atoms with Crippen molar-refractivity contribution in [2.45, 2.75) is 0 Å². The molecule has 8 nitrogen and oxygen atoms in total. The Morgan fingerprint density at radius 3 is 1.59 bits per heavy atom. The minimum absolute atomic E-state index is 0.323. The first-order chi connectivity index (χ1) is 7.91. The van der Waals surface area contributed by atoms with E-state index in [1.54, 1.807) is 0 Å². The zero-order valence-corrected chi connectivity index (χ0v) is 10.8. The average Bonchev–Trinajstić information content (AvgIpc) is 2.27. The molecular weight excluding hydrogens is 299 g/mol. The van der Waals surface area contributed by atoms with Gasteiger partial charge in [0, 0.05) is 0 Å². The summed E-state index contributed by atoms with van der Waals surface area (Å²) in [5, 5.41) is 4.08. The summed E-state index contributed by atoms with van der Waals surface area (Å²) < 4.78 is 30.3. The molecule has 2 N–H and O–H groups in total. The van der Waals surface area contributed by atoms with Crippen LogP contribution in [-0.4, -0.2) is 45.5 Å². The maximum absolute atomic E-state index is 11.0. The first kappa shape index (κ1) is 16.4. The molecule has 0 saturated heterocycles. The van der Waals surface area contributed by atoms with Crippen LogP contribution in [0.4, 0.5) is 0 Å². The quantitative estimate of drug-likeness (QED) is 0.434. The second kappa shape index (κ2) is 8.48. The number of amides is 2. The van der Waals surface area contributed by atoms with Crippen LogP contribution in [0.1, 0.15) is 0 Å². The van der Waals surface area contributed by atoms with Crippen molar-refractivity contribution in [1.29, 1.82) is 0 Å². The Bertz CT molecular complexity index is 332. The molecule has 0 aliphatic heterocycles. The molecule has 0 aromatic carbocycles. The van der Waals surface area contributed by atoms with Gasteiger partial charge in [0.2, 0.25) is 11.8 Å². The smallest absolute Gasteiger partial charge is 0.331 e. The van der Waals surface area contributed by atoms with Gasteiger partial charge in [0.15, 0.2) is 0 Å². The van der Waals surface area contributed by atoms with Crippen LogP contribution in [0.2, 0.25) is 0 Å². The number of carbonyl (C=O) groups is 2. The molecule has 0 aliphatic carbocycles. The number of hydrogen-bond donors (Lipinski definition) is 2. The Hall–Kier alpha value is -0.610. The van der Waals surface area contributed by atoms with Crippen LogP contribution in [0, 0.1) is 0 Å². The third-order valence-electron chi connectivity index (χ3n) is 1.19. The third-order valence-corrected chi connectivity index (χ3v) is 2.49. The molecule has 0 spiro atoms. The maximum Gasteiger partial charge on any atom is 0.403 e. The lowest BCUT2D eigenvalue weighted by Crippen LogP contribution is -2.32. The standard InChI is InChI=1S/C6H10Cl2N2O6S/c7-1-5(11)9-3-15-17(13,14)16-4-10-6(12)2-8/h1-4H2,(H,9,11)(H,10,12). The van der Waals surface area contributed by atoms with E-state index in [0.717, 1.165) is 0 Å². The summed E-state index contributed by atoms with van der Waals surface area (Å²) in [6.07, 6.45) is 0. The molecule has 17 heavy (non-hydrogen) atoms. The average molecular weight is 309 g/mol. The van der Waals surface area contributed by atoms with Crippen molar-refractivity contribution in [2.75, 3.05) is 25.2 Å². The molecule has 11 heteroatoms. The van der Waals surface area contributed by atoms with Crippen molar-refractivity contribution in [1.82, 2.24) is 10.6 Å². The van der Waals surface area contributed by atoms with Gasteiger partial charge in [0.1, 0.15) is 25.2 Å². The molecule has 0 aliphatic rings. The van der Waals surface area contributed by atoms with Gasteiger partial charge in [-0.25, -0.2) is 8.37 Å². The van der Waals surface area contributed by atoms with Gasteiger partial charge in [0.25, 0.3) is 0 Å². The Labute approximate surface area is 108 Å². The van der Waals surface area contributed by atoms with Crippen molar-refractivity contribution >= 4 is 45.4 Å². The molecule has 0 heterocycles. The van der Waals surface area contributed by atoms with Crippen molar-refractivity contribution in [3.8, 4) is 0 Å². The lowest BCUT2D eigenvalue weighted by molar-refractivity contribution is -0.120. The van der Waals surface area contributed by atoms with Crippen molar-refractivity contribution in [3.05, 3.63) is 0 Å². The number of carbonyl (C=O) groups excluding carboxylic acids is 2. The monoisotopic (exact) mass is 308 g/mol. The van der Waals surface area contributed by atoms with E-state index in [1.807, 2.05) is 10.6 Å². The van der Waals surface area contributed by atoms with Crippen LogP contribution in [0.3, 0.4) is 0 Å². The van der Waals surface area contributed by atoms with Crippen molar-refractivity contribution < 1.29 is 26.4 Å². The molecule has 0 rings (SSSR count). The SMILES string of the molecule is O=C(CCl)NCOS(=O)(=O)OCNC(=O)CCl. The number of nitrogens with one attached hydrogen (secondary N) is 2. The van der Waals surface area contributed by atoms with Gasteiger partial charge in [-0.1, -0.05) is 0 Å². The van der Waals surface area contributed by atoms with E-state index in [9.17, 15) is 18.0 Å². The Balaban J connectivity index is 3.81. The number of alkyl halides is 2. The fourth-order valence-electron chi connectivity index (χ4n) is 0.493. The van der Waals surface area contributed by atoms with Crippen LogP contribution in [0.15, 0.2) is 0 Å². The minimum atomic E-state index is -4.30. The topological polar surface area (TPSA) is 111 Å². The molecule has 2 amide bonds. The highest BCUT2D eigenvalue weighted by molar-refractivity contribution is 7.81. The maximum atomic E-state index is 11.0. The van der Waals surface area contributed by atoms with Crippen LogP contribution in [0.5, 0.6) is 0 Å². The Kier molecular flexibility index (Phi) is 8.17. The number of rotatable bonds is 8. The highest BCUT2D eigenvalue weighted by atomic mass is 35.5. The van der Waals surface area contributed by atoms with E-state index in [0.29, 0.717) is 0 Å². The summed E-state index contributed by atoms with van der Waals surface area (Å²) >= 11 is 10.3. The fourth-order valence-corrected chi connectivity index (χ4v) is 1.16. The molecule has 100 valence electrons. The summed E-state index contributed by atoms with van der Waals surface area (Å²) in [6.45, 7) is -1.23. The van der Waals surface area contributed by atoms with Gasteiger partial charge in [-0.2, -0.15) is 8.42 Å². The van der Waals surface area contributed by atoms with Crippen LogP contribution < -0.4 is 10.6 Å². The summed E-state index contributed by atoms with van der Waals surface area (Å²) in [6, 6.07) is 0. The summed E-state index contributed by atoms with van der Waals surface area (Å²) in [7, 11) is -4.30. The van der Waals surface area contributed by atoms with E-state index in [4.69, 9.17) is 23.2 Å². The second-order valence-electron chi connectivity index (χ2n) is 2.40. The van der Waals surface area contributed by atoms with Crippen molar-refractivity contribution in [2.24, 2.45) is 0 Å². The zero-order valence-electron chi connectivity index (χ0n) is 8.44. The fraction of sp³-hybridized carbons (Fsp3) is 0.667. The van der Waals surface area contributed by atoms with E-state index in [1.165, 1.54) is 0 Å². The number of hydrogen-bond acceptors (Lipinski definition) is 6. The zero-order chi connectivity index (χ0) is 13.3. The van der Waals surface area contributed by atoms with Gasteiger partial charge in [-0.05, 0) is 0 Å². The molecule has 0 aromatic heterocycles. The van der Waals surface area contributed by atoms with E-state index < -0.39 is 35.7 Å². The molecule has 0 saturated carbocycles. The summed E-state index contributed by atoms with van der Waals surface area (Å²) in [5.41, 5.74) is 0. The van der Waals surface area contributed by atoms with Gasteiger partial charge in [-0.3, -0.25) is 9.59 Å². The normalized spacial score (nSPS) is 10.9. The first-order valence-electron chi connectivity index (χ1n) is 4.10. The highest BCUT2D eigenvalue weighted by Gasteiger charge is 2.12.